The second-order valence-corrected chi connectivity index (χ2v) is 11.6. The summed E-state index contributed by atoms with van der Waals surface area (Å²) in [7, 11) is 0. The zero-order chi connectivity index (χ0) is 23.7. The second kappa shape index (κ2) is 11.5. The van der Waals surface area contributed by atoms with Gasteiger partial charge in [0.1, 0.15) is 11.6 Å². The van der Waals surface area contributed by atoms with E-state index < -0.39 is 5.97 Å². The van der Waals surface area contributed by atoms with Crippen LogP contribution in [-0.4, -0.2) is 5.97 Å². The van der Waals surface area contributed by atoms with E-state index in [1.165, 1.54) is 6.07 Å². The summed E-state index contributed by atoms with van der Waals surface area (Å²) >= 11 is 41.5. The first-order valence-corrected chi connectivity index (χ1v) is 13.8. The van der Waals surface area contributed by atoms with E-state index in [1.807, 2.05) is 0 Å². The number of benzene rings is 3. The number of ether oxygens (including phenoxy) is 2. The third kappa shape index (κ3) is 5.82. The van der Waals surface area contributed by atoms with Crippen LogP contribution >= 0.6 is 126 Å². The SMILES string of the molecule is O=C(Oc1c(Br)c(Br)c(Br)c(Br)c1Br)c1ccc(COc2c(Cl)cc(Cl)c(Cl)c2Cl)cc1. The second-order valence-electron chi connectivity index (χ2n) is 6.07. The number of carbonyl (C=O) groups excluding carboxylic acids is 1. The lowest BCUT2D eigenvalue weighted by molar-refractivity contribution is 0.0732. The Kier molecular flexibility index (Phi) is 9.72. The standard InChI is InChI=1S/C20H7Br5Cl4O3/c21-11-12(22)14(24)19(15(25)13(11)23)32-20(30)8-3-1-7(2-4-8)6-31-18-10(27)5-9(26)16(28)17(18)29/h1-5H,6H2. The summed E-state index contributed by atoms with van der Waals surface area (Å²) in [5.74, 6) is 0.0242. The predicted molar refractivity (Wildman–Crippen MR) is 147 cm³/mol. The highest BCUT2D eigenvalue weighted by Crippen LogP contribution is 2.49. The van der Waals surface area contributed by atoms with Crippen LogP contribution in [-0.2, 0) is 6.61 Å². The molecule has 0 aliphatic rings. The molecular formula is C20H7Br5Cl4O3. The van der Waals surface area contributed by atoms with Crippen LogP contribution in [0.2, 0.25) is 20.1 Å². The maximum absolute atomic E-state index is 12.7. The van der Waals surface area contributed by atoms with Gasteiger partial charge >= 0.3 is 5.97 Å². The van der Waals surface area contributed by atoms with E-state index in [1.54, 1.807) is 24.3 Å². The van der Waals surface area contributed by atoms with Crippen LogP contribution in [0.1, 0.15) is 15.9 Å². The number of hydrogen-bond acceptors (Lipinski definition) is 3. The lowest BCUT2D eigenvalue weighted by atomic mass is 10.1. The van der Waals surface area contributed by atoms with Crippen molar-refractivity contribution >= 4 is 132 Å². The third-order valence-corrected chi connectivity index (χ3v) is 11.6. The van der Waals surface area contributed by atoms with Gasteiger partial charge in [0, 0.05) is 4.47 Å². The van der Waals surface area contributed by atoms with Crippen molar-refractivity contribution in [1.29, 1.82) is 0 Å². The molecule has 168 valence electrons. The highest BCUT2D eigenvalue weighted by Gasteiger charge is 2.22. The minimum Gasteiger partial charge on any atom is -0.486 e. The van der Waals surface area contributed by atoms with Gasteiger partial charge in [-0.15, -0.1) is 0 Å². The summed E-state index contributed by atoms with van der Waals surface area (Å²) in [6.45, 7) is 0.149. The summed E-state index contributed by atoms with van der Waals surface area (Å²) in [4.78, 5) is 12.7. The molecule has 0 saturated heterocycles. The van der Waals surface area contributed by atoms with Gasteiger partial charge < -0.3 is 9.47 Å². The minimum atomic E-state index is -0.532. The van der Waals surface area contributed by atoms with Gasteiger partial charge in [0.05, 0.1) is 38.5 Å². The van der Waals surface area contributed by atoms with Crippen LogP contribution < -0.4 is 9.47 Å². The average molecular weight is 837 g/mol. The summed E-state index contributed by atoms with van der Waals surface area (Å²) in [6.07, 6.45) is 0. The molecule has 32 heavy (non-hydrogen) atoms. The van der Waals surface area contributed by atoms with Crippen molar-refractivity contribution in [3.63, 3.8) is 0 Å². The smallest absolute Gasteiger partial charge is 0.343 e. The average Bonchev–Trinajstić information content (AvgIpc) is 2.78. The Bertz CT molecular complexity index is 1190. The molecule has 3 aromatic rings. The van der Waals surface area contributed by atoms with Crippen molar-refractivity contribution in [2.45, 2.75) is 6.61 Å². The molecule has 0 bridgehead atoms. The summed E-state index contributed by atoms with van der Waals surface area (Å²) in [5, 5.41) is 0.772. The Labute approximate surface area is 245 Å². The van der Waals surface area contributed by atoms with Crippen molar-refractivity contribution in [2.24, 2.45) is 0 Å². The van der Waals surface area contributed by atoms with Crippen LogP contribution in [0.4, 0.5) is 0 Å². The van der Waals surface area contributed by atoms with Gasteiger partial charge in [-0.05, 0) is 103 Å². The molecule has 0 aromatic heterocycles. The van der Waals surface area contributed by atoms with Gasteiger partial charge in [-0.1, -0.05) is 58.5 Å². The van der Waals surface area contributed by atoms with E-state index in [0.29, 0.717) is 29.2 Å². The molecule has 3 nitrogen and oxygen atoms in total. The van der Waals surface area contributed by atoms with Crippen molar-refractivity contribution in [3.8, 4) is 11.5 Å². The highest BCUT2D eigenvalue weighted by atomic mass is 79.9. The van der Waals surface area contributed by atoms with Gasteiger partial charge in [0.2, 0.25) is 0 Å². The largest absolute Gasteiger partial charge is 0.486 e. The molecule has 0 spiro atoms. The first-order valence-electron chi connectivity index (χ1n) is 8.31. The first-order chi connectivity index (χ1) is 15.0. The van der Waals surface area contributed by atoms with Gasteiger partial charge in [0.25, 0.3) is 0 Å². The molecule has 0 N–H and O–H groups in total. The molecule has 3 aromatic carbocycles. The molecular weight excluding hydrogens is 830 g/mol. The predicted octanol–water partition coefficient (Wildman–Crippen LogP) is 10.9. The zero-order valence-electron chi connectivity index (χ0n) is 15.2. The lowest BCUT2D eigenvalue weighted by Crippen LogP contribution is -2.10. The quantitative estimate of drug-likeness (QED) is 0.111. The summed E-state index contributed by atoms with van der Waals surface area (Å²) in [6, 6.07) is 8.18. The minimum absolute atomic E-state index is 0.132. The van der Waals surface area contributed by atoms with E-state index in [9.17, 15) is 4.79 Å². The molecule has 0 aliphatic carbocycles. The Balaban J connectivity index is 1.75. The fourth-order valence-corrected chi connectivity index (χ4v) is 6.59. The van der Waals surface area contributed by atoms with Gasteiger partial charge in [0.15, 0.2) is 11.5 Å². The van der Waals surface area contributed by atoms with Gasteiger partial charge in [-0.2, -0.15) is 0 Å². The Morgan fingerprint density at radius 2 is 1.25 bits per heavy atom. The molecule has 0 atom stereocenters. The fraction of sp³-hybridized carbons (Fsp3) is 0.0500. The number of carbonyl (C=O) groups is 1. The molecule has 12 heteroatoms. The van der Waals surface area contributed by atoms with E-state index >= 15 is 0 Å². The van der Waals surface area contributed by atoms with Crippen molar-refractivity contribution in [2.75, 3.05) is 0 Å². The van der Waals surface area contributed by atoms with Crippen molar-refractivity contribution in [1.82, 2.24) is 0 Å². The normalized spacial score (nSPS) is 10.9. The first kappa shape index (κ1) is 27.1. The molecule has 0 radical (unpaired) electrons. The van der Waals surface area contributed by atoms with Gasteiger partial charge in [-0.3, -0.25) is 0 Å². The lowest BCUT2D eigenvalue weighted by Gasteiger charge is -2.14. The summed E-state index contributed by atoms with van der Waals surface area (Å²) in [5.41, 5.74) is 1.13. The Morgan fingerprint density at radius 1 is 0.719 bits per heavy atom. The Hall–Kier alpha value is 0.490. The molecule has 0 unspecified atom stereocenters. The molecule has 3 rings (SSSR count). The number of halogens is 9. The van der Waals surface area contributed by atoms with E-state index in [-0.39, 0.29) is 32.4 Å². The molecule has 0 aliphatic heterocycles. The molecule has 0 fully saturated rings. The molecule has 0 heterocycles. The van der Waals surface area contributed by atoms with Crippen LogP contribution in [0, 0.1) is 0 Å². The number of hydrogen-bond donors (Lipinski definition) is 0. The van der Waals surface area contributed by atoms with Crippen LogP contribution in [0.5, 0.6) is 11.5 Å². The maximum Gasteiger partial charge on any atom is 0.343 e. The van der Waals surface area contributed by atoms with E-state index in [2.05, 4.69) is 79.6 Å². The number of rotatable bonds is 5. The van der Waals surface area contributed by atoms with Crippen LogP contribution in [0.25, 0.3) is 0 Å². The number of esters is 1. The van der Waals surface area contributed by atoms with Crippen LogP contribution in [0.3, 0.4) is 0 Å². The topological polar surface area (TPSA) is 35.5 Å². The van der Waals surface area contributed by atoms with E-state index in [0.717, 1.165) is 10.0 Å². The van der Waals surface area contributed by atoms with Gasteiger partial charge in [-0.25, -0.2) is 4.79 Å². The Morgan fingerprint density at radius 3 is 1.81 bits per heavy atom. The highest BCUT2D eigenvalue weighted by molar-refractivity contribution is 9.15. The molecule has 0 amide bonds. The zero-order valence-corrected chi connectivity index (χ0v) is 26.2. The van der Waals surface area contributed by atoms with Crippen molar-refractivity contribution in [3.05, 3.63) is 83.9 Å². The molecule has 0 saturated carbocycles. The summed E-state index contributed by atoms with van der Waals surface area (Å²) < 4.78 is 14.6. The monoisotopic (exact) mass is 830 g/mol. The van der Waals surface area contributed by atoms with E-state index in [4.69, 9.17) is 55.9 Å². The maximum atomic E-state index is 12.7. The van der Waals surface area contributed by atoms with Crippen LogP contribution in [0.15, 0.2) is 52.7 Å². The van der Waals surface area contributed by atoms with Crippen molar-refractivity contribution < 1.29 is 14.3 Å². The fourth-order valence-electron chi connectivity index (χ4n) is 2.40. The third-order valence-electron chi connectivity index (χ3n) is 4.01.